The molecule has 0 amide bonds. The van der Waals surface area contributed by atoms with Crippen molar-refractivity contribution in [3.05, 3.63) is 65.2 Å². The van der Waals surface area contributed by atoms with Crippen LogP contribution in [-0.4, -0.2) is 19.3 Å². The molecule has 0 spiro atoms. The summed E-state index contributed by atoms with van der Waals surface area (Å²) in [4.78, 5) is 0. The Morgan fingerprint density at radius 1 is 1.11 bits per heavy atom. The van der Waals surface area contributed by atoms with Crippen LogP contribution in [0.1, 0.15) is 31.9 Å². The number of anilines is 1. The van der Waals surface area contributed by atoms with Crippen molar-refractivity contribution in [2.24, 2.45) is 0 Å². The van der Waals surface area contributed by atoms with Gasteiger partial charge in [0.1, 0.15) is 5.00 Å². The van der Waals surface area contributed by atoms with Gasteiger partial charge in [0.25, 0.3) is 0 Å². The van der Waals surface area contributed by atoms with Crippen LogP contribution in [-0.2, 0) is 22.2 Å². The van der Waals surface area contributed by atoms with Crippen molar-refractivity contribution >= 4 is 36.4 Å². The lowest BCUT2D eigenvalue weighted by atomic mass is 9.97. The monoisotopic (exact) mass is 425 g/mol. The molecule has 0 aliphatic rings. The van der Waals surface area contributed by atoms with E-state index in [1.807, 2.05) is 24.3 Å². The average molecular weight is 426 g/mol. The van der Waals surface area contributed by atoms with E-state index in [1.165, 1.54) is 28.6 Å². The first-order valence-electron chi connectivity index (χ1n) is 8.73. The molecule has 150 valence electrons. The van der Waals surface area contributed by atoms with Crippen molar-refractivity contribution in [2.75, 3.05) is 10.1 Å². The summed E-state index contributed by atoms with van der Waals surface area (Å²) in [6.45, 7) is 4.55. The highest BCUT2D eigenvalue weighted by Gasteiger charge is 2.32. The molecule has 0 atom stereocenters. The van der Waals surface area contributed by atoms with E-state index in [4.69, 9.17) is 0 Å². The number of benzene rings is 2. The molecule has 3 aromatic rings. The molecule has 0 aliphatic heterocycles. The second-order valence-electron chi connectivity index (χ2n) is 6.99. The summed E-state index contributed by atoms with van der Waals surface area (Å²) in [5, 5.41) is 11.9. The Morgan fingerprint density at radius 3 is 2.39 bits per heavy atom. The molecule has 0 saturated carbocycles. The number of rotatable bonds is 6. The van der Waals surface area contributed by atoms with Crippen molar-refractivity contribution in [1.29, 1.82) is 0 Å². The molecule has 0 saturated heterocycles. The Bertz CT molecular complexity index is 1120. The minimum absolute atomic E-state index is 0.163. The van der Waals surface area contributed by atoms with Gasteiger partial charge in [0.2, 0.25) is 10.0 Å². The second kappa shape index (κ2) is 7.42. The Labute approximate surface area is 167 Å². The van der Waals surface area contributed by atoms with Gasteiger partial charge in [-0.1, -0.05) is 24.3 Å². The van der Waals surface area contributed by atoms with Crippen LogP contribution in [0.4, 0.5) is 13.8 Å². The molecule has 1 aromatic heterocycles. The van der Waals surface area contributed by atoms with Gasteiger partial charge in [-0.25, -0.2) is 17.2 Å². The lowest BCUT2D eigenvalue weighted by molar-refractivity contribution is 0.0811. The molecule has 0 aliphatic carbocycles. The highest BCUT2D eigenvalue weighted by atomic mass is 32.2. The van der Waals surface area contributed by atoms with Crippen molar-refractivity contribution in [1.82, 2.24) is 0 Å². The van der Waals surface area contributed by atoms with Gasteiger partial charge in [0, 0.05) is 15.6 Å². The first-order valence-corrected chi connectivity index (χ1v) is 11.2. The van der Waals surface area contributed by atoms with E-state index >= 15 is 0 Å². The number of hydrogen-bond acceptors (Lipinski definition) is 4. The molecule has 28 heavy (non-hydrogen) atoms. The number of halogens is 2. The number of thiophene rings is 1. The van der Waals surface area contributed by atoms with Crippen LogP contribution in [0.5, 0.6) is 0 Å². The van der Waals surface area contributed by atoms with E-state index in [9.17, 15) is 22.3 Å². The minimum atomic E-state index is -3.75. The second-order valence-corrected chi connectivity index (χ2v) is 10.2. The standard InChI is InChI=1S/C20H21F2NO3S2/c1-4-28(25,26)23(12-13-9-10-15(21)16(22)11-13)19-18(20(2,3)24)14-7-5-6-8-17(14)27-19/h5-11,24H,4,12H2,1-3H3. The Morgan fingerprint density at radius 2 is 1.79 bits per heavy atom. The van der Waals surface area contributed by atoms with Crippen LogP contribution in [0.25, 0.3) is 10.1 Å². The Hall–Kier alpha value is -2.03. The SMILES string of the molecule is CCS(=O)(=O)N(Cc1ccc(F)c(F)c1)c1sc2ccccc2c1C(C)(C)O. The van der Waals surface area contributed by atoms with Crippen LogP contribution in [0.2, 0.25) is 0 Å². The van der Waals surface area contributed by atoms with Gasteiger partial charge in [-0.3, -0.25) is 4.31 Å². The summed E-state index contributed by atoms with van der Waals surface area (Å²) in [5.41, 5.74) is -0.493. The topological polar surface area (TPSA) is 57.6 Å². The Balaban J connectivity index is 2.23. The zero-order valence-electron chi connectivity index (χ0n) is 15.7. The summed E-state index contributed by atoms with van der Waals surface area (Å²) in [6.07, 6.45) is 0. The summed E-state index contributed by atoms with van der Waals surface area (Å²) in [7, 11) is -3.75. The molecule has 8 heteroatoms. The van der Waals surface area contributed by atoms with E-state index in [0.29, 0.717) is 16.1 Å². The number of aliphatic hydroxyl groups is 1. The molecule has 1 N–H and O–H groups in total. The molecule has 2 aromatic carbocycles. The van der Waals surface area contributed by atoms with Crippen LogP contribution in [0.15, 0.2) is 42.5 Å². The van der Waals surface area contributed by atoms with E-state index in [1.54, 1.807) is 13.8 Å². The number of hydrogen-bond donors (Lipinski definition) is 1. The molecule has 0 radical (unpaired) electrons. The number of fused-ring (bicyclic) bond motifs is 1. The van der Waals surface area contributed by atoms with E-state index < -0.39 is 27.3 Å². The van der Waals surface area contributed by atoms with Crippen LogP contribution >= 0.6 is 11.3 Å². The van der Waals surface area contributed by atoms with Crippen LogP contribution in [0.3, 0.4) is 0 Å². The number of sulfonamides is 1. The maximum atomic E-state index is 13.7. The first-order chi connectivity index (χ1) is 13.0. The van der Waals surface area contributed by atoms with Gasteiger partial charge in [-0.15, -0.1) is 11.3 Å². The lowest BCUT2D eigenvalue weighted by Gasteiger charge is -2.27. The molecular formula is C20H21F2NO3S2. The molecule has 0 fully saturated rings. The molecule has 1 heterocycles. The summed E-state index contributed by atoms with van der Waals surface area (Å²) in [5.74, 6) is -2.20. The fourth-order valence-electron chi connectivity index (χ4n) is 3.06. The van der Waals surface area contributed by atoms with Gasteiger partial charge in [-0.2, -0.15) is 0 Å². The summed E-state index contributed by atoms with van der Waals surface area (Å²) >= 11 is 1.25. The largest absolute Gasteiger partial charge is 0.386 e. The van der Waals surface area contributed by atoms with Gasteiger partial charge in [-0.05, 0) is 44.5 Å². The van der Waals surface area contributed by atoms with Gasteiger partial charge >= 0.3 is 0 Å². The molecule has 4 nitrogen and oxygen atoms in total. The van der Waals surface area contributed by atoms with Crippen molar-refractivity contribution in [2.45, 2.75) is 32.9 Å². The summed E-state index contributed by atoms with van der Waals surface area (Å²) < 4.78 is 54.7. The quantitative estimate of drug-likeness (QED) is 0.619. The predicted octanol–water partition coefficient (Wildman–Crippen LogP) is 4.76. The zero-order chi connectivity index (χ0) is 20.7. The highest BCUT2D eigenvalue weighted by molar-refractivity contribution is 7.92. The van der Waals surface area contributed by atoms with E-state index in [0.717, 1.165) is 22.2 Å². The third-order valence-corrected chi connectivity index (χ3v) is 7.45. The smallest absolute Gasteiger partial charge is 0.235 e. The first kappa shape index (κ1) is 20.7. The third kappa shape index (κ3) is 3.90. The fraction of sp³-hybridized carbons (Fsp3) is 0.300. The maximum absolute atomic E-state index is 13.7. The zero-order valence-corrected chi connectivity index (χ0v) is 17.4. The summed E-state index contributed by atoms with van der Waals surface area (Å²) in [6, 6.07) is 10.7. The third-order valence-electron chi connectivity index (χ3n) is 4.43. The van der Waals surface area contributed by atoms with Crippen molar-refractivity contribution < 1.29 is 22.3 Å². The van der Waals surface area contributed by atoms with Crippen LogP contribution < -0.4 is 4.31 Å². The minimum Gasteiger partial charge on any atom is -0.386 e. The van der Waals surface area contributed by atoms with Gasteiger partial charge < -0.3 is 5.11 Å². The number of nitrogens with zero attached hydrogens (tertiary/aromatic N) is 1. The normalized spacial score (nSPS) is 12.5. The van der Waals surface area contributed by atoms with E-state index in [-0.39, 0.29) is 12.3 Å². The molecular weight excluding hydrogens is 404 g/mol. The molecule has 3 rings (SSSR count). The van der Waals surface area contributed by atoms with Crippen LogP contribution in [0, 0.1) is 11.6 Å². The molecule has 0 bridgehead atoms. The van der Waals surface area contributed by atoms with Gasteiger partial charge in [0.15, 0.2) is 11.6 Å². The average Bonchev–Trinajstić information content (AvgIpc) is 3.01. The van der Waals surface area contributed by atoms with Gasteiger partial charge in [0.05, 0.1) is 17.9 Å². The molecule has 0 unspecified atom stereocenters. The Kier molecular flexibility index (Phi) is 5.49. The van der Waals surface area contributed by atoms with E-state index in [2.05, 4.69) is 0 Å². The highest BCUT2D eigenvalue weighted by Crippen LogP contribution is 2.45. The lowest BCUT2D eigenvalue weighted by Crippen LogP contribution is -2.33. The maximum Gasteiger partial charge on any atom is 0.235 e. The fourth-order valence-corrected chi connectivity index (χ4v) is 5.77. The van der Waals surface area contributed by atoms with Crippen molar-refractivity contribution in [3.8, 4) is 0 Å². The predicted molar refractivity (Wildman–Crippen MR) is 109 cm³/mol. The van der Waals surface area contributed by atoms with Crippen molar-refractivity contribution in [3.63, 3.8) is 0 Å².